The zero-order chi connectivity index (χ0) is 17.4. The van der Waals surface area contributed by atoms with E-state index < -0.39 is 11.5 Å². The molecule has 0 radical (unpaired) electrons. The third-order valence-electron chi connectivity index (χ3n) is 3.60. The Balaban J connectivity index is 2.14. The summed E-state index contributed by atoms with van der Waals surface area (Å²) in [5.41, 5.74) is 14.5. The van der Waals surface area contributed by atoms with Crippen molar-refractivity contribution in [3.05, 3.63) is 51.3 Å². The van der Waals surface area contributed by atoms with Crippen LogP contribution in [0.25, 0.3) is 10.9 Å². The summed E-state index contributed by atoms with van der Waals surface area (Å²) < 4.78 is 0.801. The molecule has 1 amide bonds. The number of nitriles is 1. The molecule has 0 saturated carbocycles. The van der Waals surface area contributed by atoms with Gasteiger partial charge in [0.15, 0.2) is 5.82 Å². The largest absolute Gasteiger partial charge is 0.383 e. The number of nitrogens with zero attached hydrogens (tertiary/aromatic N) is 3. The highest BCUT2D eigenvalue weighted by molar-refractivity contribution is 6.03. The van der Waals surface area contributed by atoms with Gasteiger partial charge in [-0.25, -0.2) is 0 Å². The normalized spacial score (nSPS) is 10.5. The summed E-state index contributed by atoms with van der Waals surface area (Å²) in [5, 5.41) is 15.7. The minimum absolute atomic E-state index is 0.0253. The third kappa shape index (κ3) is 2.22. The molecule has 3 rings (SSSR count). The Kier molecular flexibility index (Phi) is 3.42. The lowest BCUT2D eigenvalue weighted by atomic mass is 10.1. The topological polar surface area (TPSA) is 156 Å². The molecule has 2 aromatic heterocycles. The van der Waals surface area contributed by atoms with Crippen LogP contribution in [0.1, 0.15) is 21.5 Å². The van der Waals surface area contributed by atoms with Crippen molar-refractivity contribution in [3.8, 4) is 6.07 Å². The Morgan fingerprint density at radius 1 is 1.33 bits per heavy atom. The van der Waals surface area contributed by atoms with Crippen molar-refractivity contribution in [1.82, 2.24) is 14.9 Å². The number of hydrogen-bond acceptors (Lipinski definition) is 6. The molecule has 0 bridgehead atoms. The maximum Gasteiger partial charge on any atom is 0.291 e. The smallest absolute Gasteiger partial charge is 0.291 e. The van der Waals surface area contributed by atoms with Crippen LogP contribution in [0.5, 0.6) is 0 Å². The number of carbonyl (C=O) groups excluding carboxylic acids is 1. The highest BCUT2D eigenvalue weighted by Gasteiger charge is 2.20. The minimum atomic E-state index is -0.772. The van der Waals surface area contributed by atoms with Crippen LogP contribution in [0.15, 0.2) is 29.1 Å². The number of H-pyrrole nitrogens is 1. The Morgan fingerprint density at radius 3 is 2.62 bits per heavy atom. The van der Waals surface area contributed by atoms with Gasteiger partial charge < -0.3 is 11.5 Å². The summed E-state index contributed by atoms with van der Waals surface area (Å²) in [6, 6.07) is 8.52. The highest BCUT2D eigenvalue weighted by atomic mass is 16.2. The maximum atomic E-state index is 12.4. The van der Waals surface area contributed by atoms with Crippen LogP contribution < -0.4 is 22.5 Å². The number of nitrogens with two attached hydrogens (primary N) is 2. The monoisotopic (exact) mass is 323 g/mol. The average molecular weight is 323 g/mol. The number of aromatic nitrogens is 3. The molecule has 0 spiro atoms. The number of aryl methyl sites for hydroxylation is 1. The molecule has 0 saturated heterocycles. The molecule has 6 N–H and O–H groups in total. The van der Waals surface area contributed by atoms with Crippen molar-refractivity contribution < 1.29 is 4.79 Å². The van der Waals surface area contributed by atoms with Crippen molar-refractivity contribution in [3.63, 3.8) is 0 Å². The van der Waals surface area contributed by atoms with Gasteiger partial charge in [0.25, 0.3) is 11.5 Å². The van der Waals surface area contributed by atoms with Gasteiger partial charge in [-0.15, -0.1) is 0 Å². The summed E-state index contributed by atoms with van der Waals surface area (Å²) in [5.74, 6) is -0.632. The number of hydrogen-bond donors (Lipinski definition) is 4. The zero-order valence-corrected chi connectivity index (χ0v) is 12.6. The van der Waals surface area contributed by atoms with Crippen LogP contribution in [0.3, 0.4) is 0 Å². The summed E-state index contributed by atoms with van der Waals surface area (Å²) >= 11 is 0. The van der Waals surface area contributed by atoms with Gasteiger partial charge >= 0.3 is 0 Å². The molecule has 0 atom stereocenters. The SMILES string of the molecule is Cc1ccc(C(=O)Nn2c(N)c3c(N)n[nH]c3c(C#N)c2=O)cc1. The van der Waals surface area contributed by atoms with Crippen molar-refractivity contribution in [1.29, 1.82) is 5.26 Å². The van der Waals surface area contributed by atoms with Crippen LogP contribution in [-0.2, 0) is 0 Å². The first-order valence-corrected chi connectivity index (χ1v) is 6.90. The predicted molar refractivity (Wildman–Crippen MR) is 88.8 cm³/mol. The van der Waals surface area contributed by atoms with Crippen molar-refractivity contribution in [2.75, 3.05) is 16.9 Å². The Morgan fingerprint density at radius 2 is 2.00 bits per heavy atom. The molecule has 9 heteroatoms. The van der Waals surface area contributed by atoms with E-state index >= 15 is 0 Å². The lowest BCUT2D eigenvalue weighted by Gasteiger charge is -2.13. The number of nitrogen functional groups attached to an aromatic ring is 2. The van der Waals surface area contributed by atoms with E-state index in [-0.39, 0.29) is 28.1 Å². The quantitative estimate of drug-likeness (QED) is 0.536. The first kappa shape index (κ1) is 15.1. The standard InChI is InChI=1S/C15H13N7O2/c1-7-2-4-8(5-3-7)14(23)21-22-13(18)10-11(19-20-12(10)17)9(6-16)15(22)24/h2-5,19H,18H2,1H3,(H2,17,20)(H,21,23). The van der Waals surface area contributed by atoms with Crippen LogP contribution in [0, 0.1) is 18.3 Å². The lowest BCUT2D eigenvalue weighted by molar-refractivity contribution is 0.101. The Bertz CT molecular complexity index is 1050. The molecule has 120 valence electrons. The maximum absolute atomic E-state index is 12.4. The highest BCUT2D eigenvalue weighted by Crippen LogP contribution is 2.24. The number of amides is 1. The van der Waals surface area contributed by atoms with Crippen LogP contribution in [-0.4, -0.2) is 20.8 Å². The van der Waals surface area contributed by atoms with E-state index in [4.69, 9.17) is 11.5 Å². The Hall–Kier alpha value is -3.80. The van der Waals surface area contributed by atoms with Crippen molar-refractivity contribution in [2.45, 2.75) is 6.92 Å². The fourth-order valence-corrected chi connectivity index (χ4v) is 2.32. The Labute approximate surface area is 135 Å². The second kappa shape index (κ2) is 5.44. The number of benzene rings is 1. The van der Waals surface area contributed by atoms with Crippen molar-refractivity contribution >= 4 is 28.4 Å². The van der Waals surface area contributed by atoms with E-state index in [1.165, 1.54) is 0 Å². The zero-order valence-electron chi connectivity index (χ0n) is 12.6. The lowest BCUT2D eigenvalue weighted by Crippen LogP contribution is -2.36. The predicted octanol–water partition coefficient (Wildman–Crippen LogP) is 0.453. The van der Waals surface area contributed by atoms with Crippen LogP contribution >= 0.6 is 0 Å². The van der Waals surface area contributed by atoms with E-state index in [1.54, 1.807) is 30.3 Å². The van der Waals surface area contributed by atoms with Crippen LogP contribution in [0.2, 0.25) is 0 Å². The first-order chi connectivity index (χ1) is 11.4. The van der Waals surface area contributed by atoms with Gasteiger partial charge in [-0.1, -0.05) is 17.7 Å². The third-order valence-corrected chi connectivity index (χ3v) is 3.60. The molecule has 9 nitrogen and oxygen atoms in total. The van der Waals surface area contributed by atoms with E-state index in [0.29, 0.717) is 5.56 Å². The number of rotatable bonds is 2. The molecule has 0 unspecified atom stereocenters. The number of carbonyl (C=O) groups is 1. The number of pyridine rings is 1. The molecule has 2 heterocycles. The van der Waals surface area contributed by atoms with Gasteiger partial charge in [0.05, 0.1) is 10.9 Å². The van der Waals surface area contributed by atoms with E-state index in [0.717, 1.165) is 10.2 Å². The molecule has 0 aliphatic carbocycles. The van der Waals surface area contributed by atoms with Gasteiger partial charge in [-0.3, -0.25) is 20.1 Å². The van der Waals surface area contributed by atoms with Gasteiger partial charge in [-0.2, -0.15) is 15.0 Å². The summed E-state index contributed by atoms with van der Waals surface area (Å²) in [6.07, 6.45) is 0. The van der Waals surface area contributed by atoms with Gasteiger partial charge in [0, 0.05) is 5.56 Å². The number of anilines is 2. The summed E-state index contributed by atoms with van der Waals surface area (Å²) in [4.78, 5) is 24.7. The summed E-state index contributed by atoms with van der Waals surface area (Å²) in [6.45, 7) is 1.89. The number of fused-ring (bicyclic) bond motifs is 1. The second-order valence-electron chi connectivity index (χ2n) is 5.18. The van der Waals surface area contributed by atoms with E-state index in [9.17, 15) is 14.9 Å². The molecule has 24 heavy (non-hydrogen) atoms. The molecular weight excluding hydrogens is 310 g/mol. The molecule has 3 aromatic rings. The second-order valence-corrected chi connectivity index (χ2v) is 5.18. The summed E-state index contributed by atoms with van der Waals surface area (Å²) in [7, 11) is 0. The van der Waals surface area contributed by atoms with E-state index in [2.05, 4.69) is 15.6 Å². The molecule has 0 aliphatic heterocycles. The first-order valence-electron chi connectivity index (χ1n) is 6.90. The molecule has 0 aliphatic rings. The number of aromatic amines is 1. The number of nitrogens with one attached hydrogen (secondary N) is 2. The average Bonchev–Trinajstić information content (AvgIpc) is 2.94. The van der Waals surface area contributed by atoms with Gasteiger partial charge in [0.1, 0.15) is 17.5 Å². The van der Waals surface area contributed by atoms with Crippen LogP contribution in [0.4, 0.5) is 11.6 Å². The minimum Gasteiger partial charge on any atom is -0.383 e. The molecule has 0 fully saturated rings. The molecular formula is C15H13N7O2. The van der Waals surface area contributed by atoms with E-state index in [1.807, 2.05) is 6.92 Å². The fraction of sp³-hybridized carbons (Fsp3) is 0.0667. The van der Waals surface area contributed by atoms with Gasteiger partial charge in [0.2, 0.25) is 0 Å². The van der Waals surface area contributed by atoms with Crippen molar-refractivity contribution in [2.24, 2.45) is 0 Å². The fourth-order valence-electron chi connectivity index (χ4n) is 2.32. The molecule has 1 aromatic carbocycles. The van der Waals surface area contributed by atoms with Gasteiger partial charge in [-0.05, 0) is 19.1 Å².